The number of halogens is 8. The number of aromatic nitrogens is 2. The molecule has 5 N–H and O–H groups in total. The quantitative estimate of drug-likeness (QED) is 0.0541. The van der Waals surface area contributed by atoms with Gasteiger partial charge in [0, 0.05) is 91.3 Å². The molecular formula is C61H83F8N10O4. The number of alkyl halides is 8. The molecule has 3 aliphatic rings. The molecule has 5 aromatic rings. The molecule has 1 unspecified atom stereocenters. The summed E-state index contributed by atoms with van der Waals surface area (Å²) in [5.74, 6) is 12.3. The summed E-state index contributed by atoms with van der Waals surface area (Å²) in [6.07, 6.45) is -1.12. The average molecular weight is 1170 g/mol. The van der Waals surface area contributed by atoms with Gasteiger partial charge in [0.25, 0.3) is 5.91 Å². The van der Waals surface area contributed by atoms with Crippen LogP contribution in [-0.2, 0) is 22.6 Å². The molecule has 83 heavy (non-hydrogen) atoms. The van der Waals surface area contributed by atoms with E-state index < -0.39 is 37.8 Å². The molecular weight excluding hydrogens is 1090 g/mol. The monoisotopic (exact) mass is 1170 g/mol. The van der Waals surface area contributed by atoms with Gasteiger partial charge in [-0.2, -0.15) is 26.3 Å². The first-order chi connectivity index (χ1) is 39.5. The van der Waals surface area contributed by atoms with Gasteiger partial charge in [-0.25, -0.2) is 8.78 Å². The fourth-order valence-electron chi connectivity index (χ4n) is 9.39. The third-order valence-corrected chi connectivity index (χ3v) is 13.6. The maximum atomic E-state index is 13.2. The smallest absolute Gasteiger partial charge is 0.406 e. The van der Waals surface area contributed by atoms with Gasteiger partial charge >= 0.3 is 12.4 Å². The normalized spacial score (nSPS) is 17.2. The Bertz CT molecular complexity index is 3110. The van der Waals surface area contributed by atoms with Gasteiger partial charge in [0.1, 0.15) is 36.9 Å². The summed E-state index contributed by atoms with van der Waals surface area (Å²) in [4.78, 5) is 30.2. The van der Waals surface area contributed by atoms with Crippen LogP contribution in [0.1, 0.15) is 65.6 Å². The molecule has 2 saturated heterocycles. The number of ether oxygens (including phenoxy) is 2. The van der Waals surface area contributed by atoms with Crippen molar-refractivity contribution in [3.05, 3.63) is 114 Å². The van der Waals surface area contributed by atoms with E-state index in [2.05, 4.69) is 50.3 Å². The molecule has 1 radical (unpaired) electrons. The minimum Gasteiger partial charge on any atom is -0.499 e. The molecule has 14 nitrogen and oxygen atoms in total. The molecule has 3 atom stereocenters. The summed E-state index contributed by atoms with van der Waals surface area (Å²) in [6, 6.07) is 18.2. The Labute approximate surface area is 486 Å². The number of fused-ring (bicyclic) bond motifs is 2. The van der Waals surface area contributed by atoms with Crippen molar-refractivity contribution >= 4 is 50.7 Å². The molecule has 0 spiro atoms. The number of hydrogen-bond donors (Lipinski definition) is 5. The summed E-state index contributed by atoms with van der Waals surface area (Å²) in [5, 5.41) is 16.3. The van der Waals surface area contributed by atoms with Gasteiger partial charge in [-0.05, 0) is 145 Å². The molecule has 0 bridgehead atoms. The summed E-state index contributed by atoms with van der Waals surface area (Å²) in [7, 11) is 12.1. The van der Waals surface area contributed by atoms with Crippen molar-refractivity contribution < 1.29 is 58.5 Å². The second-order valence-electron chi connectivity index (χ2n) is 19.9. The summed E-state index contributed by atoms with van der Waals surface area (Å²) in [5.41, 5.74) is 4.44. The van der Waals surface area contributed by atoms with Crippen molar-refractivity contribution in [3.8, 4) is 29.4 Å². The van der Waals surface area contributed by atoms with Crippen molar-refractivity contribution in [2.75, 3.05) is 118 Å². The number of benzene rings is 3. The van der Waals surface area contributed by atoms with E-state index in [1.807, 2.05) is 37.7 Å². The lowest BCUT2D eigenvalue weighted by atomic mass is 9.97. The van der Waals surface area contributed by atoms with Crippen molar-refractivity contribution in [2.45, 2.75) is 83.4 Å². The predicted octanol–water partition coefficient (Wildman–Crippen LogP) is 11.0. The maximum Gasteiger partial charge on any atom is 0.406 e. The van der Waals surface area contributed by atoms with Crippen molar-refractivity contribution in [1.29, 1.82) is 0 Å². The second kappa shape index (κ2) is 31.9. The number of methoxy groups -OCH3 is 2. The van der Waals surface area contributed by atoms with Crippen LogP contribution in [0.2, 0.25) is 0 Å². The Morgan fingerprint density at radius 1 is 0.723 bits per heavy atom. The Balaban J connectivity index is 0.000000452. The van der Waals surface area contributed by atoms with Crippen LogP contribution in [0.25, 0.3) is 21.8 Å². The number of nitrogens with one attached hydrogen (secondary N) is 5. The number of allylic oxidation sites excluding steroid dienone is 2. The summed E-state index contributed by atoms with van der Waals surface area (Å²) < 4.78 is 117. The number of likely N-dealkylation sites (tertiary alicyclic amines) is 2. The van der Waals surface area contributed by atoms with E-state index in [9.17, 15) is 44.7 Å². The molecule has 2 amide bonds. The maximum absolute atomic E-state index is 13.2. The predicted molar refractivity (Wildman–Crippen MR) is 320 cm³/mol. The highest BCUT2D eigenvalue weighted by Crippen LogP contribution is 2.32. The standard InChI is InChI=1S/C25H28F3N4O2.C24H25F3N4O2.2C6H12FN.3H2/c1-5-31(3)24(33)17-11-12-23(34-4)21(14-17)30-13-7-8-18-15-19-20(29-2)9-6-10-22(19)32(18)16-25(26,27)28;1-4-29-23(32)16-10-11-22(33-3)20(13-16)30-12-6-7-17-14-18-19(28-2)8-5-9-21(18)31(17)15-24(25,26)27;2*1-8-4-2-3-6(7)5-8;;;/h6,9-12,14-15,21,29-30H,5,13,16H2,1-4H3;5,8-11,13-14,28,30H,4,12,15H2,1-3H3,(H,29,32);2*6H,2-5H2,1H3;3*1H/t;;2*6-;;;/m..11.../s1. The molecule has 0 saturated carbocycles. The highest BCUT2D eigenvalue weighted by molar-refractivity contribution is 5.97. The van der Waals surface area contributed by atoms with E-state index in [1.165, 1.54) is 23.4 Å². The highest BCUT2D eigenvalue weighted by atomic mass is 19.4. The first-order valence-electron chi connectivity index (χ1n) is 27.4. The van der Waals surface area contributed by atoms with Gasteiger partial charge in [0.2, 0.25) is 5.91 Å². The Morgan fingerprint density at radius 2 is 1.25 bits per heavy atom. The molecule has 2 aliphatic heterocycles. The van der Waals surface area contributed by atoms with Crippen molar-refractivity contribution in [3.63, 3.8) is 0 Å². The molecule has 8 rings (SSSR count). The van der Waals surface area contributed by atoms with Crippen molar-refractivity contribution in [2.24, 2.45) is 0 Å². The number of hydrogen-bond acceptors (Lipinski definition) is 10. The van der Waals surface area contributed by atoms with Gasteiger partial charge in [0.05, 0.1) is 61.5 Å². The third-order valence-electron chi connectivity index (χ3n) is 13.6. The van der Waals surface area contributed by atoms with Crippen LogP contribution >= 0.6 is 0 Å². The Morgan fingerprint density at radius 3 is 1.69 bits per heavy atom. The van der Waals surface area contributed by atoms with Gasteiger partial charge in [0.15, 0.2) is 0 Å². The van der Waals surface area contributed by atoms with Gasteiger partial charge in [-0.1, -0.05) is 24.0 Å². The molecule has 2 fully saturated rings. The largest absolute Gasteiger partial charge is 0.499 e. The van der Waals surface area contributed by atoms with Crippen LogP contribution in [0.3, 0.4) is 0 Å². The van der Waals surface area contributed by atoms with Crippen molar-refractivity contribution in [1.82, 2.24) is 34.5 Å². The Kier molecular flexibility index (Phi) is 25.5. The molecule has 22 heteroatoms. The van der Waals surface area contributed by atoms with Crippen LogP contribution in [0.4, 0.5) is 52.2 Å². The highest BCUT2D eigenvalue weighted by Gasteiger charge is 2.31. The molecule has 4 heterocycles. The summed E-state index contributed by atoms with van der Waals surface area (Å²) in [6.45, 7) is 6.27. The molecule has 2 aromatic heterocycles. The van der Waals surface area contributed by atoms with E-state index in [1.54, 1.807) is 111 Å². The number of carbonyl (C=O) groups is 2. The van der Waals surface area contributed by atoms with Gasteiger partial charge < -0.3 is 54.6 Å². The number of amides is 2. The van der Waals surface area contributed by atoms with E-state index in [0.717, 1.165) is 50.1 Å². The molecule has 457 valence electrons. The van der Waals surface area contributed by atoms with E-state index in [0.29, 0.717) is 76.3 Å². The fourth-order valence-corrected chi connectivity index (χ4v) is 9.39. The average Bonchev–Trinajstić information content (AvgIpc) is 2.01. The van der Waals surface area contributed by atoms with Crippen LogP contribution in [-0.4, -0.2) is 168 Å². The fraction of sp³-hybridized carbons (Fsp3) is 0.459. The van der Waals surface area contributed by atoms with Crippen LogP contribution < -0.4 is 31.3 Å². The zero-order chi connectivity index (χ0) is 60.9. The lowest BCUT2D eigenvalue weighted by Crippen LogP contribution is -2.37. The lowest BCUT2D eigenvalue weighted by molar-refractivity contribution is -0.140. The van der Waals surface area contributed by atoms with E-state index in [4.69, 9.17) is 9.47 Å². The van der Waals surface area contributed by atoms with E-state index >= 15 is 0 Å². The Hall–Kier alpha value is -7.40. The minimum atomic E-state index is -4.39. The zero-order valence-corrected chi connectivity index (χ0v) is 48.6. The SMILES string of the molecule is CCN(C)C(=O)C1=CC=C(OC)C(NCC#Cc2cc3c(NC)cccc3n2CC(F)(F)F)[CH]1.CCNC(=O)c1ccc(OC)c(NCC#Cc2cc3c(NC)cccc3n2CC(F)(F)F)c1.CN1CCC[C@@H](F)C1.CN1CCC[C@@H](F)C1.[HH].[HH].[HH]. The number of piperidine rings is 2. The zero-order valence-electron chi connectivity index (χ0n) is 48.6. The number of likely N-dealkylation sites (N-methyl/N-ethyl adjacent to an activating group) is 1. The topological polar surface area (TPSA) is 132 Å². The third kappa shape index (κ3) is 20.2. The van der Waals surface area contributed by atoms with Crippen LogP contribution in [0.5, 0.6) is 5.75 Å². The number of rotatable bonds is 14. The number of nitrogens with zero attached hydrogens (tertiary/aromatic N) is 5. The second-order valence-corrected chi connectivity index (χ2v) is 19.9. The number of anilines is 3. The van der Waals surface area contributed by atoms with Crippen LogP contribution in [0, 0.1) is 30.1 Å². The molecule has 3 aromatic carbocycles. The minimum absolute atomic E-state index is 0. The number of carbonyl (C=O) groups excluding carboxylic acids is 2. The van der Waals surface area contributed by atoms with E-state index in [-0.39, 0.29) is 46.6 Å². The van der Waals surface area contributed by atoms with Gasteiger partial charge in [-0.15, -0.1) is 0 Å². The lowest BCUT2D eigenvalue weighted by Gasteiger charge is -2.25. The van der Waals surface area contributed by atoms with Gasteiger partial charge in [-0.3, -0.25) is 14.9 Å². The summed E-state index contributed by atoms with van der Waals surface area (Å²) >= 11 is 0. The molecule has 1 aliphatic carbocycles. The first kappa shape index (κ1) is 66.4. The first-order valence-corrected chi connectivity index (χ1v) is 27.4. The van der Waals surface area contributed by atoms with Crippen LogP contribution in [0.15, 0.2) is 90.2 Å².